The van der Waals surface area contributed by atoms with Gasteiger partial charge in [-0.3, -0.25) is 9.36 Å². The van der Waals surface area contributed by atoms with E-state index in [1.54, 1.807) is 4.57 Å². The summed E-state index contributed by atoms with van der Waals surface area (Å²) in [5.41, 5.74) is 15.1. The van der Waals surface area contributed by atoms with E-state index in [0.29, 0.717) is 17.6 Å². The molecule has 2 aromatic heterocycles. The van der Waals surface area contributed by atoms with Crippen molar-refractivity contribution in [2.75, 3.05) is 12.3 Å². The van der Waals surface area contributed by atoms with Crippen LogP contribution in [-0.2, 0) is 14.3 Å². The second-order valence-electron chi connectivity index (χ2n) is 5.82. The first-order valence-corrected chi connectivity index (χ1v) is 8.33. The molecule has 3 rings (SSSR count). The van der Waals surface area contributed by atoms with Crippen molar-refractivity contribution in [1.29, 1.82) is 0 Å². The summed E-state index contributed by atoms with van der Waals surface area (Å²) in [4.78, 5) is 26.7. The Morgan fingerprint density at radius 3 is 3.00 bits per heavy atom. The number of carbonyl (C=O) groups is 1. The number of ether oxygens (including phenoxy) is 2. The average molecular weight is 381 g/mol. The van der Waals surface area contributed by atoms with Gasteiger partial charge in [-0.2, -0.15) is 9.97 Å². The Labute approximate surface area is 153 Å². The summed E-state index contributed by atoms with van der Waals surface area (Å²) >= 11 is 6.07. The number of imidazole rings is 1. The number of fused-ring (bicyclic) bond motifs is 1. The van der Waals surface area contributed by atoms with Crippen molar-refractivity contribution in [2.24, 2.45) is 11.0 Å². The van der Waals surface area contributed by atoms with Gasteiger partial charge in [-0.15, -0.1) is 0 Å². The summed E-state index contributed by atoms with van der Waals surface area (Å²) in [5.74, 6) is -0.788. The third-order valence-corrected chi connectivity index (χ3v) is 4.49. The van der Waals surface area contributed by atoms with Crippen molar-refractivity contribution in [3.63, 3.8) is 0 Å². The van der Waals surface area contributed by atoms with E-state index in [9.17, 15) is 4.79 Å². The van der Waals surface area contributed by atoms with Crippen molar-refractivity contribution < 1.29 is 14.3 Å². The maximum absolute atomic E-state index is 11.6. The van der Waals surface area contributed by atoms with Crippen LogP contribution in [0, 0.1) is 5.92 Å². The van der Waals surface area contributed by atoms with Crippen molar-refractivity contribution in [3.8, 4) is 0 Å². The summed E-state index contributed by atoms with van der Waals surface area (Å²) in [5, 5.41) is 3.75. The largest absolute Gasteiger partial charge is 0.457 e. The normalized spacial score (nSPS) is 25.2. The van der Waals surface area contributed by atoms with E-state index < -0.39 is 18.3 Å². The molecule has 1 fully saturated rings. The highest BCUT2D eigenvalue weighted by molar-refractivity contribution is 6.33. The number of aromatic nitrogens is 4. The van der Waals surface area contributed by atoms with E-state index in [-0.39, 0.29) is 29.7 Å². The van der Waals surface area contributed by atoms with Crippen molar-refractivity contribution in [2.45, 2.75) is 38.7 Å². The maximum Gasteiger partial charge on any atom is 0.303 e. The molecule has 12 heteroatoms. The molecular weight excluding hydrogens is 364 g/mol. The number of nitrogens with two attached hydrogens (primary N) is 1. The molecule has 0 radical (unpaired) electrons. The molecule has 0 bridgehead atoms. The van der Waals surface area contributed by atoms with Gasteiger partial charge >= 0.3 is 5.97 Å². The van der Waals surface area contributed by atoms with Crippen LogP contribution in [0.2, 0.25) is 5.15 Å². The lowest BCUT2D eigenvalue weighted by Gasteiger charge is -2.23. The highest BCUT2D eigenvalue weighted by Crippen LogP contribution is 2.39. The number of rotatable bonds is 5. The second-order valence-corrected chi connectivity index (χ2v) is 6.18. The molecule has 26 heavy (non-hydrogen) atoms. The van der Waals surface area contributed by atoms with Crippen molar-refractivity contribution >= 4 is 34.7 Å². The molecule has 0 spiro atoms. The molecule has 2 aromatic rings. The molecule has 1 aliphatic rings. The average Bonchev–Trinajstić information content (AvgIpc) is 3.14. The first kappa shape index (κ1) is 18.2. The number of esters is 1. The zero-order valence-corrected chi connectivity index (χ0v) is 14.9. The number of carbonyl (C=O) groups excluding carboxylic acids is 1. The predicted octanol–water partition coefficient (Wildman–Crippen LogP) is 2.23. The number of nitrogen functional groups attached to an aromatic ring is 1. The fourth-order valence-electron chi connectivity index (χ4n) is 3.18. The lowest BCUT2D eigenvalue weighted by molar-refractivity contribution is -0.153. The molecule has 1 saturated heterocycles. The smallest absolute Gasteiger partial charge is 0.303 e. The van der Waals surface area contributed by atoms with Gasteiger partial charge in [-0.05, 0) is 12.0 Å². The molecule has 0 aliphatic carbocycles. The zero-order chi connectivity index (χ0) is 18.8. The summed E-state index contributed by atoms with van der Waals surface area (Å²) in [6, 6.07) is 0. The molecule has 11 nitrogen and oxygen atoms in total. The second kappa shape index (κ2) is 7.32. The summed E-state index contributed by atoms with van der Waals surface area (Å²) in [6.07, 6.45) is 0.453. The highest BCUT2D eigenvalue weighted by atomic mass is 35.5. The number of hydrogen-bond donors (Lipinski definition) is 1. The fourth-order valence-corrected chi connectivity index (χ4v) is 3.40. The van der Waals surface area contributed by atoms with Gasteiger partial charge in [0.15, 0.2) is 23.1 Å². The monoisotopic (exact) mass is 380 g/mol. The first-order chi connectivity index (χ1) is 12.5. The van der Waals surface area contributed by atoms with Gasteiger partial charge < -0.3 is 15.2 Å². The molecule has 4 atom stereocenters. The lowest BCUT2D eigenvalue weighted by Crippen LogP contribution is -2.32. The van der Waals surface area contributed by atoms with Gasteiger partial charge in [0.25, 0.3) is 0 Å². The Hall–Kier alpha value is -2.62. The molecular formula is C14H17ClN8O3. The summed E-state index contributed by atoms with van der Waals surface area (Å²) in [7, 11) is 0. The molecule has 0 amide bonds. The highest BCUT2D eigenvalue weighted by Gasteiger charge is 2.47. The van der Waals surface area contributed by atoms with Crippen LogP contribution >= 0.6 is 11.6 Å². The summed E-state index contributed by atoms with van der Waals surface area (Å²) < 4.78 is 13.2. The minimum Gasteiger partial charge on any atom is -0.457 e. The number of azide groups is 1. The topological polar surface area (TPSA) is 154 Å². The third-order valence-electron chi connectivity index (χ3n) is 4.23. The Morgan fingerprint density at radius 2 is 2.35 bits per heavy atom. The van der Waals surface area contributed by atoms with Crippen LogP contribution in [0.1, 0.15) is 26.5 Å². The van der Waals surface area contributed by atoms with E-state index in [4.69, 9.17) is 32.3 Å². The van der Waals surface area contributed by atoms with Gasteiger partial charge in [0.05, 0.1) is 12.4 Å². The SMILES string of the molecule is CC[C@H]1O[C@@H](n2cnc3c(Cl)nc(N)nc32)[C@H](OC(C)=O)[C@@H]1CN=[N+]=[N-]. The Balaban J connectivity index is 2.07. The van der Waals surface area contributed by atoms with E-state index in [1.165, 1.54) is 13.3 Å². The minimum atomic E-state index is -0.710. The molecule has 2 N–H and O–H groups in total. The number of anilines is 1. The van der Waals surface area contributed by atoms with Gasteiger partial charge in [0.1, 0.15) is 5.52 Å². The fraction of sp³-hybridized carbons (Fsp3) is 0.571. The number of hydrogen-bond acceptors (Lipinski definition) is 8. The Morgan fingerprint density at radius 1 is 1.58 bits per heavy atom. The standard InChI is InChI=1S/C14H17ClN8O3/c1-3-8-7(4-19-22-17)10(25-6(2)24)13(26-8)23-5-18-9-11(15)20-14(16)21-12(9)23/h5,7-8,10,13H,3-4H2,1-2H3,(H2,16,20,21)/t7-,8-,10-,13-/m1/s1. The molecule has 3 heterocycles. The van der Waals surface area contributed by atoms with Gasteiger partial charge in [0.2, 0.25) is 5.95 Å². The van der Waals surface area contributed by atoms with Gasteiger partial charge in [0, 0.05) is 24.3 Å². The molecule has 0 unspecified atom stereocenters. The van der Waals surface area contributed by atoms with Crippen LogP contribution in [0.3, 0.4) is 0 Å². The molecule has 138 valence electrons. The number of nitrogens with zero attached hydrogens (tertiary/aromatic N) is 7. The van der Waals surface area contributed by atoms with Gasteiger partial charge in [-0.1, -0.05) is 23.6 Å². The zero-order valence-electron chi connectivity index (χ0n) is 14.1. The van der Waals surface area contributed by atoms with Crippen LogP contribution in [0.4, 0.5) is 5.95 Å². The molecule has 0 aromatic carbocycles. The Kier molecular flexibility index (Phi) is 5.12. The lowest BCUT2D eigenvalue weighted by atomic mass is 9.96. The van der Waals surface area contributed by atoms with Crippen LogP contribution in [0.25, 0.3) is 21.6 Å². The van der Waals surface area contributed by atoms with Crippen LogP contribution in [0.5, 0.6) is 0 Å². The minimum absolute atomic E-state index is 0.0102. The third kappa shape index (κ3) is 3.24. The van der Waals surface area contributed by atoms with E-state index in [2.05, 4.69) is 25.0 Å². The van der Waals surface area contributed by atoms with Crippen molar-refractivity contribution in [3.05, 3.63) is 21.9 Å². The number of halogens is 1. The Bertz CT molecular complexity index is 880. The quantitative estimate of drug-likeness (QED) is 0.274. The molecule has 0 saturated carbocycles. The van der Waals surface area contributed by atoms with Crippen LogP contribution < -0.4 is 5.73 Å². The van der Waals surface area contributed by atoms with E-state index in [1.807, 2.05) is 6.92 Å². The van der Waals surface area contributed by atoms with Crippen LogP contribution in [-0.4, -0.2) is 44.2 Å². The van der Waals surface area contributed by atoms with Crippen LogP contribution in [0.15, 0.2) is 11.4 Å². The summed E-state index contributed by atoms with van der Waals surface area (Å²) in [6.45, 7) is 3.38. The van der Waals surface area contributed by atoms with Gasteiger partial charge in [-0.25, -0.2) is 4.98 Å². The maximum atomic E-state index is 11.6. The van der Waals surface area contributed by atoms with E-state index >= 15 is 0 Å². The predicted molar refractivity (Wildman–Crippen MR) is 92.0 cm³/mol. The van der Waals surface area contributed by atoms with Crippen molar-refractivity contribution in [1.82, 2.24) is 19.5 Å². The first-order valence-electron chi connectivity index (χ1n) is 7.95. The molecule has 1 aliphatic heterocycles. The van der Waals surface area contributed by atoms with E-state index in [0.717, 1.165) is 0 Å².